The van der Waals surface area contributed by atoms with Crippen molar-refractivity contribution in [1.82, 2.24) is 20.3 Å². The Morgan fingerprint density at radius 3 is 2.62 bits per heavy atom. The van der Waals surface area contributed by atoms with Gasteiger partial charge in [0.1, 0.15) is 11.5 Å². The van der Waals surface area contributed by atoms with Gasteiger partial charge in [0.2, 0.25) is 0 Å². The van der Waals surface area contributed by atoms with Crippen molar-refractivity contribution in [2.24, 2.45) is 0 Å². The lowest BCUT2D eigenvalue weighted by atomic mass is 10.1. The van der Waals surface area contributed by atoms with Crippen molar-refractivity contribution in [3.63, 3.8) is 0 Å². The number of fused-ring (bicyclic) bond motifs is 1. The fourth-order valence-electron chi connectivity index (χ4n) is 5.54. The number of nitrogens with zero attached hydrogens (tertiary/aromatic N) is 3. The van der Waals surface area contributed by atoms with E-state index in [9.17, 15) is 9.59 Å². The van der Waals surface area contributed by atoms with E-state index in [0.29, 0.717) is 41.0 Å². The molecule has 1 atom stereocenters. The Balaban J connectivity index is 1.03. The summed E-state index contributed by atoms with van der Waals surface area (Å²) in [6.07, 6.45) is 4.15. The second-order valence-corrected chi connectivity index (χ2v) is 12.4. The maximum atomic E-state index is 12.8. The highest BCUT2D eigenvalue weighted by atomic mass is 32.2. The number of thioether (sulfide) groups is 1. The number of amides is 3. The number of methoxy groups -OCH3 is 1. The van der Waals surface area contributed by atoms with Gasteiger partial charge in [-0.3, -0.25) is 14.7 Å². The quantitative estimate of drug-likeness (QED) is 0.175. The molecule has 2 fully saturated rings. The number of carbonyl (C=O) groups excluding carboxylic acids is 2. The van der Waals surface area contributed by atoms with Crippen molar-refractivity contribution in [2.45, 2.75) is 24.6 Å². The van der Waals surface area contributed by atoms with Crippen LogP contribution in [0.15, 0.2) is 79.0 Å². The number of hydrogen-bond donors (Lipinski definition) is 2. The summed E-state index contributed by atoms with van der Waals surface area (Å²) in [5, 5.41) is 4.90. The molecule has 2 aliphatic rings. The number of benzene rings is 3. The van der Waals surface area contributed by atoms with Gasteiger partial charge in [0.25, 0.3) is 5.91 Å². The second kappa shape index (κ2) is 15.9. The Hall–Kier alpha value is -4.52. The maximum absolute atomic E-state index is 12.8. The third-order valence-corrected chi connectivity index (χ3v) is 9.25. The molecule has 3 amide bonds. The Labute approximate surface area is 278 Å². The van der Waals surface area contributed by atoms with Gasteiger partial charge in [-0.15, -0.1) is 11.8 Å². The molecule has 0 saturated carbocycles. The number of pyridine rings is 1. The Morgan fingerprint density at radius 1 is 1.02 bits per heavy atom. The van der Waals surface area contributed by atoms with Gasteiger partial charge in [-0.25, -0.2) is 15.2 Å². The molecule has 2 saturated heterocycles. The van der Waals surface area contributed by atoms with Gasteiger partial charge in [0, 0.05) is 43.0 Å². The Kier molecular flexibility index (Phi) is 10.9. The molecule has 2 N–H and O–H groups in total. The molecule has 12 heteroatoms. The van der Waals surface area contributed by atoms with Crippen LogP contribution in [0.2, 0.25) is 0 Å². The van der Waals surface area contributed by atoms with E-state index < -0.39 is 6.03 Å². The predicted octanol–water partition coefficient (Wildman–Crippen LogP) is 5.71. The van der Waals surface area contributed by atoms with Crippen LogP contribution in [0, 0.1) is 0 Å². The molecule has 11 nitrogen and oxygen atoms in total. The lowest BCUT2D eigenvalue weighted by Crippen LogP contribution is -2.49. The minimum absolute atomic E-state index is 0.115. The number of morpholine rings is 1. The highest BCUT2D eigenvalue weighted by Crippen LogP contribution is 2.37. The smallest absolute Gasteiger partial charge is 0.338 e. The Bertz CT molecular complexity index is 1650. The zero-order chi connectivity index (χ0) is 32.4. The van der Waals surface area contributed by atoms with Crippen LogP contribution in [0.5, 0.6) is 23.0 Å². The number of nitrogens with one attached hydrogen (secondary N) is 2. The minimum atomic E-state index is -0.481. The summed E-state index contributed by atoms with van der Waals surface area (Å²) < 4.78 is 23.4. The number of anilines is 1. The molecule has 4 aromatic rings. The van der Waals surface area contributed by atoms with Crippen molar-refractivity contribution in [3.05, 3.63) is 84.6 Å². The molecule has 3 aromatic carbocycles. The topological polar surface area (TPSA) is 114 Å². The van der Waals surface area contributed by atoms with Crippen LogP contribution in [-0.4, -0.2) is 84.5 Å². The first-order valence-electron chi connectivity index (χ1n) is 15.8. The summed E-state index contributed by atoms with van der Waals surface area (Å²) in [6, 6.07) is 22.2. The number of hydrazine groups is 1. The third-order valence-electron chi connectivity index (χ3n) is 8.01. The van der Waals surface area contributed by atoms with Crippen LogP contribution in [-0.2, 0) is 16.0 Å². The van der Waals surface area contributed by atoms with Crippen molar-refractivity contribution < 1.29 is 28.5 Å². The number of carbonyl (C=O) groups is 2. The van der Waals surface area contributed by atoms with Gasteiger partial charge in [-0.1, -0.05) is 30.3 Å². The third kappa shape index (κ3) is 8.64. The number of aryl methyl sites for hydroxylation is 1. The van der Waals surface area contributed by atoms with E-state index in [2.05, 4.69) is 32.8 Å². The van der Waals surface area contributed by atoms with Gasteiger partial charge in [-0.2, -0.15) is 0 Å². The number of hydrogen-bond acceptors (Lipinski definition) is 9. The molecule has 246 valence electrons. The predicted molar refractivity (Wildman–Crippen MR) is 182 cm³/mol. The van der Waals surface area contributed by atoms with E-state index in [1.165, 1.54) is 22.3 Å². The molecule has 2 aliphatic heterocycles. The molecule has 1 unspecified atom stereocenters. The van der Waals surface area contributed by atoms with E-state index in [4.69, 9.17) is 18.9 Å². The fraction of sp³-hybridized carbons (Fsp3) is 0.343. The largest absolute Gasteiger partial charge is 0.493 e. The van der Waals surface area contributed by atoms with Gasteiger partial charge in [0.15, 0.2) is 11.5 Å². The summed E-state index contributed by atoms with van der Waals surface area (Å²) >= 11 is 1.53. The fourth-order valence-corrected chi connectivity index (χ4v) is 6.62. The zero-order valence-corrected chi connectivity index (χ0v) is 27.2. The summed E-state index contributed by atoms with van der Waals surface area (Å²) in [5.74, 6) is 2.65. The summed E-state index contributed by atoms with van der Waals surface area (Å²) in [7, 11) is 1.61. The molecule has 0 radical (unpaired) electrons. The molecular weight excluding hydrogens is 618 g/mol. The molecule has 1 aromatic heterocycles. The maximum Gasteiger partial charge on any atom is 0.338 e. The summed E-state index contributed by atoms with van der Waals surface area (Å²) in [4.78, 5) is 32.2. The van der Waals surface area contributed by atoms with Crippen molar-refractivity contribution in [2.75, 3.05) is 57.6 Å². The molecule has 3 heterocycles. The normalized spacial score (nSPS) is 16.7. The van der Waals surface area contributed by atoms with E-state index >= 15 is 0 Å². The monoisotopic (exact) mass is 657 g/mol. The van der Waals surface area contributed by atoms with E-state index in [1.807, 2.05) is 30.3 Å². The van der Waals surface area contributed by atoms with Gasteiger partial charge in [0.05, 0.1) is 43.6 Å². The minimum Gasteiger partial charge on any atom is -0.493 e. The van der Waals surface area contributed by atoms with Crippen LogP contribution < -0.4 is 25.0 Å². The lowest BCUT2D eigenvalue weighted by Gasteiger charge is -2.26. The van der Waals surface area contributed by atoms with E-state index in [-0.39, 0.29) is 11.3 Å². The Morgan fingerprint density at radius 2 is 1.83 bits per heavy atom. The highest BCUT2D eigenvalue weighted by Gasteiger charge is 2.32. The number of urea groups is 1. The lowest BCUT2D eigenvalue weighted by molar-refractivity contribution is -0.130. The first-order valence-corrected chi connectivity index (χ1v) is 16.8. The van der Waals surface area contributed by atoms with Crippen LogP contribution in [0.4, 0.5) is 10.5 Å². The molecule has 0 spiro atoms. The summed E-state index contributed by atoms with van der Waals surface area (Å²) in [6.45, 7) is 5.00. The van der Waals surface area contributed by atoms with Gasteiger partial charge in [-0.05, 0) is 61.2 Å². The number of rotatable bonds is 13. The van der Waals surface area contributed by atoms with Gasteiger partial charge >= 0.3 is 6.03 Å². The van der Waals surface area contributed by atoms with Crippen LogP contribution in [0.3, 0.4) is 0 Å². The standard InChI is InChI=1S/C35H39N5O6S/c1-43-31-22-28-29(23-32(31)45-19-5-16-39-17-20-44-21-18-39)36-15-14-30(28)46-27-11-9-26(10-12-27)37-35(42)38-40-33(41)24-47-34(40)13-8-25-6-3-2-4-7-25/h2-4,6-7,9-12,14-15,22-23,34H,5,8,13,16-21,24H2,1H3,(H2,37,38,42). The number of aromatic nitrogens is 1. The average molecular weight is 658 g/mol. The first-order chi connectivity index (χ1) is 23.1. The van der Waals surface area contributed by atoms with Crippen molar-refractivity contribution >= 4 is 40.3 Å². The highest BCUT2D eigenvalue weighted by molar-refractivity contribution is 8.00. The molecular formula is C35H39N5O6S. The van der Waals surface area contributed by atoms with Crippen LogP contribution >= 0.6 is 11.8 Å². The number of ether oxygens (including phenoxy) is 4. The van der Waals surface area contributed by atoms with Gasteiger partial charge < -0.3 is 24.3 Å². The average Bonchev–Trinajstić information content (AvgIpc) is 3.45. The SMILES string of the molecule is COc1cc2c(Oc3ccc(NC(=O)NN4C(=O)CSC4CCc4ccccc4)cc3)ccnc2cc1OCCCN1CCOCC1. The second-order valence-electron chi connectivity index (χ2n) is 11.2. The summed E-state index contributed by atoms with van der Waals surface area (Å²) in [5.41, 5.74) is 5.21. The molecule has 0 aliphatic carbocycles. The molecule has 6 rings (SSSR count). The van der Waals surface area contributed by atoms with Crippen LogP contribution in [0.1, 0.15) is 18.4 Å². The van der Waals surface area contributed by atoms with Crippen molar-refractivity contribution in [1.29, 1.82) is 0 Å². The van der Waals surface area contributed by atoms with E-state index in [0.717, 1.165) is 63.0 Å². The molecule has 0 bridgehead atoms. The zero-order valence-electron chi connectivity index (χ0n) is 26.4. The van der Waals surface area contributed by atoms with Crippen LogP contribution in [0.25, 0.3) is 10.9 Å². The first kappa shape index (κ1) is 32.4. The van der Waals surface area contributed by atoms with Crippen molar-refractivity contribution in [3.8, 4) is 23.0 Å². The van der Waals surface area contributed by atoms with E-state index in [1.54, 1.807) is 43.6 Å². The molecule has 47 heavy (non-hydrogen) atoms.